The molecule has 0 aliphatic carbocycles. The van der Waals surface area contributed by atoms with Gasteiger partial charge in [-0.2, -0.15) is 0 Å². The maximum atomic E-state index is 12.8. The van der Waals surface area contributed by atoms with Crippen molar-refractivity contribution in [2.24, 2.45) is 0 Å². The van der Waals surface area contributed by atoms with E-state index in [4.69, 9.17) is 4.74 Å². The molecule has 0 bridgehead atoms. The summed E-state index contributed by atoms with van der Waals surface area (Å²) in [7, 11) is 1.60. The number of nitrogens with one attached hydrogen (secondary N) is 1. The Balaban J connectivity index is 1.69. The number of carbonyl (C=O) groups excluding carboxylic acids is 1. The minimum absolute atomic E-state index is 0.173. The van der Waals surface area contributed by atoms with E-state index in [0.717, 1.165) is 20.8 Å². The van der Waals surface area contributed by atoms with E-state index >= 15 is 0 Å². The summed E-state index contributed by atoms with van der Waals surface area (Å²) >= 11 is 1.58. The molecule has 4 rings (SSSR count). The number of rotatable bonds is 4. The highest BCUT2D eigenvalue weighted by Gasteiger charge is 2.16. The van der Waals surface area contributed by atoms with Gasteiger partial charge in [0.15, 0.2) is 0 Å². The summed E-state index contributed by atoms with van der Waals surface area (Å²) in [5.41, 5.74) is 3.05. The highest BCUT2D eigenvalue weighted by Crippen LogP contribution is 2.32. The van der Waals surface area contributed by atoms with Crippen LogP contribution in [-0.4, -0.2) is 18.0 Å². The number of anilines is 1. The van der Waals surface area contributed by atoms with Crippen LogP contribution >= 0.6 is 11.3 Å². The fourth-order valence-corrected chi connectivity index (χ4v) is 3.76. The lowest BCUT2D eigenvalue weighted by Crippen LogP contribution is -2.13. The molecule has 128 valence electrons. The fourth-order valence-electron chi connectivity index (χ4n) is 2.75. The Hall–Kier alpha value is -3.18. The van der Waals surface area contributed by atoms with Crippen molar-refractivity contribution in [1.29, 1.82) is 0 Å². The summed E-state index contributed by atoms with van der Waals surface area (Å²) in [6.45, 7) is 0. The zero-order chi connectivity index (χ0) is 17.9. The highest BCUT2D eigenvalue weighted by molar-refractivity contribution is 7.21. The number of hydrogen-bond donors (Lipinski definition) is 1. The Labute approximate surface area is 155 Å². The number of methoxy groups -OCH3 is 1. The molecule has 0 fully saturated rings. The van der Waals surface area contributed by atoms with Crippen LogP contribution in [0.3, 0.4) is 0 Å². The maximum Gasteiger partial charge on any atom is 0.256 e. The van der Waals surface area contributed by atoms with Crippen molar-refractivity contribution in [1.82, 2.24) is 4.98 Å². The molecule has 0 radical (unpaired) electrons. The maximum absolute atomic E-state index is 12.8. The molecule has 3 aromatic carbocycles. The summed E-state index contributed by atoms with van der Waals surface area (Å²) < 4.78 is 6.31. The van der Waals surface area contributed by atoms with Crippen LogP contribution in [0.4, 0.5) is 5.69 Å². The third-order valence-corrected chi connectivity index (χ3v) is 5.09. The molecule has 1 amide bonds. The summed E-state index contributed by atoms with van der Waals surface area (Å²) in [5.74, 6) is 0.523. The first-order valence-electron chi connectivity index (χ1n) is 8.15. The number of carbonyl (C=O) groups is 1. The second-order valence-electron chi connectivity index (χ2n) is 5.72. The van der Waals surface area contributed by atoms with Crippen molar-refractivity contribution in [2.75, 3.05) is 12.4 Å². The summed E-state index contributed by atoms with van der Waals surface area (Å²) in [6, 6.07) is 22.8. The molecule has 0 atom stereocenters. The molecule has 0 aliphatic rings. The van der Waals surface area contributed by atoms with Gasteiger partial charge in [-0.3, -0.25) is 4.79 Å². The van der Waals surface area contributed by atoms with Gasteiger partial charge in [-0.1, -0.05) is 36.4 Å². The number of nitrogens with zero attached hydrogens (tertiary/aromatic N) is 1. The molecule has 1 N–H and O–H groups in total. The molecule has 0 unspecified atom stereocenters. The van der Waals surface area contributed by atoms with E-state index < -0.39 is 0 Å². The molecular formula is C21H16N2O2S. The Morgan fingerprint density at radius 3 is 2.65 bits per heavy atom. The number of para-hydroxylation sites is 1. The van der Waals surface area contributed by atoms with Crippen molar-refractivity contribution >= 4 is 33.1 Å². The molecule has 5 heteroatoms. The zero-order valence-corrected chi connectivity index (χ0v) is 14.9. The van der Waals surface area contributed by atoms with Gasteiger partial charge < -0.3 is 10.1 Å². The van der Waals surface area contributed by atoms with E-state index in [0.29, 0.717) is 17.0 Å². The van der Waals surface area contributed by atoms with Gasteiger partial charge >= 0.3 is 0 Å². The first-order chi connectivity index (χ1) is 12.7. The third kappa shape index (κ3) is 3.17. The van der Waals surface area contributed by atoms with Gasteiger partial charge in [0, 0.05) is 22.9 Å². The van der Waals surface area contributed by atoms with Gasteiger partial charge in [-0.15, -0.1) is 11.3 Å². The van der Waals surface area contributed by atoms with Gasteiger partial charge in [-0.25, -0.2) is 4.98 Å². The van der Waals surface area contributed by atoms with Crippen LogP contribution in [-0.2, 0) is 0 Å². The number of amides is 1. The second-order valence-corrected chi connectivity index (χ2v) is 6.75. The summed E-state index contributed by atoms with van der Waals surface area (Å²) in [4.78, 5) is 17.5. The van der Waals surface area contributed by atoms with Gasteiger partial charge in [0.2, 0.25) is 0 Å². The molecule has 1 heterocycles. The molecule has 4 nitrogen and oxygen atoms in total. The standard InChI is InChI=1S/C21H16N2O2S/c1-25-15-8-6-7-14(13-15)22-20(24)16-9-2-3-10-17(16)21-23-18-11-4-5-12-19(18)26-21/h2-13H,1H3,(H,22,24). The molecular weight excluding hydrogens is 344 g/mol. The number of ether oxygens (including phenoxy) is 1. The van der Waals surface area contributed by atoms with E-state index in [-0.39, 0.29) is 5.91 Å². The topological polar surface area (TPSA) is 51.2 Å². The van der Waals surface area contributed by atoms with E-state index in [2.05, 4.69) is 10.3 Å². The number of thiazole rings is 1. The largest absolute Gasteiger partial charge is 0.497 e. The number of benzene rings is 3. The zero-order valence-electron chi connectivity index (χ0n) is 14.1. The average Bonchev–Trinajstić information content (AvgIpc) is 3.12. The highest BCUT2D eigenvalue weighted by atomic mass is 32.1. The molecule has 0 saturated heterocycles. The van der Waals surface area contributed by atoms with Gasteiger partial charge in [0.1, 0.15) is 10.8 Å². The molecule has 0 saturated carbocycles. The lowest BCUT2D eigenvalue weighted by molar-refractivity contribution is 0.102. The SMILES string of the molecule is COc1cccc(NC(=O)c2ccccc2-c2nc3ccccc3s2)c1. The van der Waals surface area contributed by atoms with Crippen LogP contribution in [0, 0.1) is 0 Å². The smallest absolute Gasteiger partial charge is 0.256 e. The number of aromatic nitrogens is 1. The average molecular weight is 360 g/mol. The lowest BCUT2D eigenvalue weighted by Gasteiger charge is -2.09. The predicted molar refractivity (Wildman–Crippen MR) is 106 cm³/mol. The van der Waals surface area contributed by atoms with E-state index in [1.807, 2.05) is 66.7 Å². The van der Waals surface area contributed by atoms with Crippen molar-refractivity contribution in [2.45, 2.75) is 0 Å². The van der Waals surface area contributed by atoms with Crippen molar-refractivity contribution in [3.63, 3.8) is 0 Å². The van der Waals surface area contributed by atoms with Crippen LogP contribution in [0.5, 0.6) is 5.75 Å². The number of hydrogen-bond acceptors (Lipinski definition) is 4. The van der Waals surface area contributed by atoms with Crippen LogP contribution in [0.1, 0.15) is 10.4 Å². The van der Waals surface area contributed by atoms with Gasteiger partial charge in [0.05, 0.1) is 17.3 Å². The minimum Gasteiger partial charge on any atom is -0.497 e. The quantitative estimate of drug-likeness (QED) is 0.542. The van der Waals surface area contributed by atoms with Crippen LogP contribution in [0.15, 0.2) is 72.8 Å². The molecule has 4 aromatic rings. The molecule has 26 heavy (non-hydrogen) atoms. The van der Waals surface area contributed by atoms with Crippen LogP contribution < -0.4 is 10.1 Å². The first kappa shape index (κ1) is 16.3. The van der Waals surface area contributed by atoms with Crippen molar-refractivity contribution < 1.29 is 9.53 Å². The lowest BCUT2D eigenvalue weighted by atomic mass is 10.1. The van der Waals surface area contributed by atoms with E-state index in [1.54, 1.807) is 24.5 Å². The number of fused-ring (bicyclic) bond motifs is 1. The predicted octanol–water partition coefficient (Wildman–Crippen LogP) is 5.22. The first-order valence-corrected chi connectivity index (χ1v) is 8.96. The van der Waals surface area contributed by atoms with Crippen molar-refractivity contribution in [3.05, 3.63) is 78.4 Å². The summed E-state index contributed by atoms with van der Waals surface area (Å²) in [6.07, 6.45) is 0. The molecule has 1 aromatic heterocycles. The van der Waals surface area contributed by atoms with Crippen LogP contribution in [0.25, 0.3) is 20.8 Å². The normalized spacial score (nSPS) is 10.7. The fraction of sp³-hybridized carbons (Fsp3) is 0.0476. The minimum atomic E-state index is -0.173. The monoisotopic (exact) mass is 360 g/mol. The Bertz CT molecular complexity index is 1060. The Morgan fingerprint density at radius 2 is 1.81 bits per heavy atom. The Kier molecular flexibility index (Phi) is 4.37. The van der Waals surface area contributed by atoms with Gasteiger partial charge in [0.25, 0.3) is 5.91 Å². The Morgan fingerprint density at radius 1 is 1.00 bits per heavy atom. The van der Waals surface area contributed by atoms with E-state index in [1.165, 1.54) is 0 Å². The third-order valence-electron chi connectivity index (χ3n) is 4.02. The van der Waals surface area contributed by atoms with E-state index in [9.17, 15) is 4.79 Å². The van der Waals surface area contributed by atoms with Gasteiger partial charge in [-0.05, 0) is 30.3 Å². The second kappa shape index (κ2) is 6.98. The molecule has 0 spiro atoms. The molecule has 0 aliphatic heterocycles. The summed E-state index contributed by atoms with van der Waals surface area (Å²) in [5, 5.41) is 3.77. The van der Waals surface area contributed by atoms with Crippen LogP contribution in [0.2, 0.25) is 0 Å². The van der Waals surface area contributed by atoms with Crippen molar-refractivity contribution in [3.8, 4) is 16.3 Å².